The lowest BCUT2D eigenvalue weighted by molar-refractivity contribution is -0.129. The van der Waals surface area contributed by atoms with Gasteiger partial charge in [0.05, 0.1) is 0 Å². The fourth-order valence-corrected chi connectivity index (χ4v) is 5.10. The zero-order valence-electron chi connectivity index (χ0n) is 19.9. The first-order valence-corrected chi connectivity index (χ1v) is 12.3. The highest BCUT2D eigenvalue weighted by molar-refractivity contribution is 7.13. The highest BCUT2D eigenvalue weighted by Gasteiger charge is 2.36. The van der Waals surface area contributed by atoms with Crippen molar-refractivity contribution in [2.24, 2.45) is 0 Å². The van der Waals surface area contributed by atoms with Crippen LogP contribution in [0.1, 0.15) is 28.0 Å². The largest absolute Gasteiger partial charge is 0.481 e. The van der Waals surface area contributed by atoms with Crippen molar-refractivity contribution < 1.29 is 19.1 Å². The third-order valence-electron chi connectivity index (χ3n) is 6.26. The monoisotopic (exact) mass is 490 g/mol. The zero-order chi connectivity index (χ0) is 24.7. The van der Waals surface area contributed by atoms with Crippen molar-refractivity contribution in [2.75, 3.05) is 32.1 Å². The minimum absolute atomic E-state index is 0.0371. The molecule has 3 heterocycles. The molecule has 35 heavy (non-hydrogen) atoms. The maximum Gasteiger partial charge on any atom is 0.268 e. The predicted octanol–water partition coefficient (Wildman–Crippen LogP) is 3.35. The summed E-state index contributed by atoms with van der Waals surface area (Å²) in [6.45, 7) is 2.91. The van der Waals surface area contributed by atoms with Crippen LogP contribution in [0.25, 0.3) is 10.6 Å². The molecule has 0 unspecified atom stereocenters. The van der Waals surface area contributed by atoms with Gasteiger partial charge in [-0.25, -0.2) is 4.98 Å². The number of amides is 3. The average Bonchev–Trinajstić information content (AvgIpc) is 3.52. The number of hydrogen-bond donors (Lipinski definition) is 0. The van der Waals surface area contributed by atoms with Crippen LogP contribution in [0.2, 0.25) is 0 Å². The molecule has 3 amide bonds. The topological polar surface area (TPSA) is 83.0 Å². The van der Waals surface area contributed by atoms with Crippen LogP contribution in [0.5, 0.6) is 5.75 Å². The number of carbonyl (C=O) groups is 3. The molecule has 0 radical (unpaired) electrons. The molecule has 1 fully saturated rings. The van der Waals surface area contributed by atoms with Gasteiger partial charge >= 0.3 is 0 Å². The number of aromatic nitrogens is 1. The van der Waals surface area contributed by atoms with Gasteiger partial charge in [0, 0.05) is 61.5 Å². The molecule has 180 valence electrons. The maximum absolute atomic E-state index is 13.1. The summed E-state index contributed by atoms with van der Waals surface area (Å²) >= 11 is 1.59. The molecule has 2 aliphatic rings. The van der Waals surface area contributed by atoms with Crippen molar-refractivity contribution in [3.05, 3.63) is 64.7 Å². The van der Waals surface area contributed by atoms with E-state index in [2.05, 4.69) is 4.98 Å². The average molecular weight is 491 g/mol. The molecule has 0 saturated carbocycles. The smallest absolute Gasteiger partial charge is 0.268 e. The normalized spacial score (nSPS) is 17.2. The molecule has 1 atom stereocenters. The minimum atomic E-state index is -0.582. The summed E-state index contributed by atoms with van der Waals surface area (Å²) in [5.41, 5.74) is 4.08. The van der Waals surface area contributed by atoms with Crippen LogP contribution in [0.3, 0.4) is 0 Å². The van der Waals surface area contributed by atoms with Gasteiger partial charge in [0.15, 0.2) is 6.10 Å². The standard InChI is InChI=1S/C26H26N4O4S/c1-16-15-35-24(27-16)17-5-8-20(9-6-17)34-22-10-11-30(26(22)33)19-7-4-18-13-29(14-23(31)28(2)3)25(32)21(18)12-19/h4-9,12,15,22H,10-11,13-14H2,1-3H3/t22-/m1/s1. The van der Waals surface area contributed by atoms with Gasteiger partial charge in [0.1, 0.15) is 17.3 Å². The van der Waals surface area contributed by atoms with E-state index in [9.17, 15) is 14.4 Å². The predicted molar refractivity (Wildman–Crippen MR) is 134 cm³/mol. The van der Waals surface area contributed by atoms with Crippen LogP contribution < -0.4 is 9.64 Å². The molecule has 1 saturated heterocycles. The molecule has 2 aromatic carbocycles. The van der Waals surface area contributed by atoms with Gasteiger partial charge in [-0.2, -0.15) is 0 Å². The van der Waals surface area contributed by atoms with E-state index in [0.29, 0.717) is 36.5 Å². The third-order valence-corrected chi connectivity index (χ3v) is 7.27. The second-order valence-corrected chi connectivity index (χ2v) is 9.85. The van der Waals surface area contributed by atoms with Crippen molar-refractivity contribution in [1.82, 2.24) is 14.8 Å². The first-order valence-electron chi connectivity index (χ1n) is 11.4. The van der Waals surface area contributed by atoms with Crippen LogP contribution in [0.15, 0.2) is 47.8 Å². The quantitative estimate of drug-likeness (QED) is 0.529. The van der Waals surface area contributed by atoms with Gasteiger partial charge in [-0.3, -0.25) is 14.4 Å². The van der Waals surface area contributed by atoms with E-state index in [1.807, 2.05) is 48.7 Å². The number of carbonyl (C=O) groups excluding carboxylic acids is 3. The van der Waals surface area contributed by atoms with Crippen molar-refractivity contribution in [2.45, 2.75) is 26.0 Å². The number of ether oxygens (including phenoxy) is 1. The summed E-state index contributed by atoms with van der Waals surface area (Å²) in [7, 11) is 3.34. The molecule has 5 rings (SSSR count). The van der Waals surface area contributed by atoms with Gasteiger partial charge in [0.2, 0.25) is 5.91 Å². The fourth-order valence-electron chi connectivity index (χ4n) is 4.30. The number of rotatable bonds is 6. The molecule has 3 aromatic rings. The van der Waals surface area contributed by atoms with Gasteiger partial charge < -0.3 is 19.4 Å². The number of likely N-dealkylation sites (N-methyl/N-ethyl adjacent to an activating group) is 1. The Bertz CT molecular complexity index is 1300. The Morgan fingerprint density at radius 3 is 2.63 bits per heavy atom. The first-order chi connectivity index (χ1) is 16.8. The van der Waals surface area contributed by atoms with Crippen LogP contribution in [0.4, 0.5) is 5.69 Å². The number of nitrogens with zero attached hydrogens (tertiary/aromatic N) is 4. The van der Waals surface area contributed by atoms with E-state index in [4.69, 9.17) is 4.74 Å². The number of aryl methyl sites for hydroxylation is 1. The lowest BCUT2D eigenvalue weighted by atomic mass is 10.1. The Morgan fingerprint density at radius 1 is 1.17 bits per heavy atom. The van der Waals surface area contributed by atoms with E-state index in [0.717, 1.165) is 21.8 Å². The summed E-state index contributed by atoms with van der Waals surface area (Å²) < 4.78 is 6.01. The molecule has 1 aromatic heterocycles. The number of fused-ring (bicyclic) bond motifs is 1. The molecule has 9 heteroatoms. The number of anilines is 1. The Morgan fingerprint density at radius 2 is 1.94 bits per heavy atom. The van der Waals surface area contributed by atoms with Gasteiger partial charge in [-0.1, -0.05) is 6.07 Å². The minimum Gasteiger partial charge on any atom is -0.481 e. The Labute approximate surface area is 207 Å². The van der Waals surface area contributed by atoms with Crippen LogP contribution >= 0.6 is 11.3 Å². The van der Waals surface area contributed by atoms with Gasteiger partial charge in [-0.05, 0) is 48.9 Å². The molecule has 0 spiro atoms. The highest BCUT2D eigenvalue weighted by Crippen LogP contribution is 2.31. The Kier molecular flexibility index (Phi) is 6.02. The molecule has 0 bridgehead atoms. The Hall–Kier alpha value is -3.72. The number of hydrogen-bond acceptors (Lipinski definition) is 6. The summed E-state index contributed by atoms with van der Waals surface area (Å²) in [4.78, 5) is 47.2. The van der Waals surface area contributed by atoms with Gasteiger partial charge in [0.25, 0.3) is 11.8 Å². The second-order valence-electron chi connectivity index (χ2n) is 8.99. The summed E-state index contributed by atoms with van der Waals surface area (Å²) in [5.74, 6) is 0.185. The molecule has 0 N–H and O–H groups in total. The van der Waals surface area contributed by atoms with Crippen molar-refractivity contribution in [3.63, 3.8) is 0 Å². The van der Waals surface area contributed by atoms with Crippen LogP contribution in [-0.4, -0.2) is 65.8 Å². The summed E-state index contributed by atoms with van der Waals surface area (Å²) in [5, 5.41) is 2.96. The third kappa shape index (κ3) is 4.51. The van der Waals surface area contributed by atoms with E-state index in [1.54, 1.807) is 36.4 Å². The van der Waals surface area contributed by atoms with Crippen molar-refractivity contribution >= 4 is 34.7 Å². The fraction of sp³-hybridized carbons (Fsp3) is 0.308. The van der Waals surface area contributed by atoms with Crippen LogP contribution in [0, 0.1) is 6.92 Å². The van der Waals surface area contributed by atoms with E-state index >= 15 is 0 Å². The zero-order valence-corrected chi connectivity index (χ0v) is 20.7. The SMILES string of the molecule is Cc1csc(-c2ccc(O[C@@H]3CCN(c4ccc5c(c4)C(=O)N(CC(=O)N(C)C)C5)C3=O)cc2)n1. The van der Waals surface area contributed by atoms with E-state index in [1.165, 1.54) is 9.80 Å². The molecular formula is C26H26N4O4S. The lowest BCUT2D eigenvalue weighted by Crippen LogP contribution is -2.36. The highest BCUT2D eigenvalue weighted by atomic mass is 32.1. The molecule has 0 aliphatic carbocycles. The summed E-state index contributed by atoms with van der Waals surface area (Å²) in [6, 6.07) is 13.1. The molecule has 8 nitrogen and oxygen atoms in total. The first kappa shape index (κ1) is 23.0. The molecule has 2 aliphatic heterocycles. The van der Waals surface area contributed by atoms with Crippen LogP contribution in [-0.2, 0) is 16.1 Å². The lowest BCUT2D eigenvalue weighted by Gasteiger charge is -2.18. The second kappa shape index (κ2) is 9.14. The van der Waals surface area contributed by atoms with E-state index < -0.39 is 6.10 Å². The van der Waals surface area contributed by atoms with Gasteiger partial charge in [-0.15, -0.1) is 11.3 Å². The van der Waals surface area contributed by atoms with E-state index in [-0.39, 0.29) is 24.3 Å². The summed E-state index contributed by atoms with van der Waals surface area (Å²) in [6.07, 6.45) is -0.0260. The number of benzene rings is 2. The number of thiazole rings is 1. The Balaban J connectivity index is 1.25. The van der Waals surface area contributed by atoms with Crippen molar-refractivity contribution in [3.8, 4) is 16.3 Å². The molecular weight excluding hydrogens is 464 g/mol. The maximum atomic E-state index is 13.1. The van der Waals surface area contributed by atoms with Crippen molar-refractivity contribution in [1.29, 1.82) is 0 Å².